The van der Waals surface area contributed by atoms with Crippen molar-refractivity contribution in [3.8, 4) is 0 Å². The van der Waals surface area contributed by atoms with Gasteiger partial charge in [-0.3, -0.25) is 0 Å². The molecule has 0 aromatic rings. The van der Waals surface area contributed by atoms with Gasteiger partial charge >= 0.3 is 0 Å². The van der Waals surface area contributed by atoms with Crippen molar-refractivity contribution in [2.45, 2.75) is 18.9 Å². The second-order valence-electron chi connectivity index (χ2n) is 3.48. The molecular formula is C8H17N3S. The molecular weight excluding hydrogens is 170 g/mol. The summed E-state index contributed by atoms with van der Waals surface area (Å²) in [6, 6.07) is 0.554. The third-order valence-corrected chi connectivity index (χ3v) is 2.87. The Morgan fingerprint density at radius 2 is 2.00 bits per heavy atom. The van der Waals surface area contributed by atoms with Gasteiger partial charge in [-0.05, 0) is 45.2 Å². The summed E-state index contributed by atoms with van der Waals surface area (Å²) in [5, 5.41) is 0.518. The summed E-state index contributed by atoms with van der Waals surface area (Å²) in [4.78, 5) is 4.35. The van der Waals surface area contributed by atoms with Crippen molar-refractivity contribution in [1.82, 2.24) is 9.80 Å². The summed E-state index contributed by atoms with van der Waals surface area (Å²) in [6.45, 7) is 2.30. The van der Waals surface area contributed by atoms with Crippen molar-refractivity contribution in [3.63, 3.8) is 0 Å². The highest BCUT2D eigenvalue weighted by Gasteiger charge is 2.20. The van der Waals surface area contributed by atoms with Crippen LogP contribution in [0.1, 0.15) is 12.8 Å². The molecule has 12 heavy (non-hydrogen) atoms. The van der Waals surface area contributed by atoms with E-state index in [1.807, 2.05) is 11.9 Å². The minimum absolute atomic E-state index is 0.518. The maximum absolute atomic E-state index is 5.55. The standard InChI is InChI=1S/C8H17N3S/c1-10-5-3-7(4-6-10)11(2)8(9)12/h7H,3-6H2,1-2H3,(H2,9,12). The summed E-state index contributed by atoms with van der Waals surface area (Å²) in [5.74, 6) is 0. The van der Waals surface area contributed by atoms with Crippen LogP contribution < -0.4 is 5.73 Å². The molecule has 1 fully saturated rings. The molecule has 0 bridgehead atoms. The van der Waals surface area contributed by atoms with E-state index in [4.69, 9.17) is 18.0 Å². The van der Waals surface area contributed by atoms with Gasteiger partial charge in [-0.1, -0.05) is 0 Å². The van der Waals surface area contributed by atoms with Crippen LogP contribution in [0.2, 0.25) is 0 Å². The average Bonchev–Trinajstić information content (AvgIpc) is 2.04. The van der Waals surface area contributed by atoms with Gasteiger partial charge in [0.05, 0.1) is 0 Å². The van der Waals surface area contributed by atoms with Gasteiger partial charge in [0.15, 0.2) is 5.11 Å². The highest BCUT2D eigenvalue weighted by Crippen LogP contribution is 2.13. The van der Waals surface area contributed by atoms with Crippen LogP contribution >= 0.6 is 12.2 Å². The van der Waals surface area contributed by atoms with E-state index in [1.165, 1.54) is 12.8 Å². The molecule has 1 heterocycles. The van der Waals surface area contributed by atoms with Crippen LogP contribution in [0.15, 0.2) is 0 Å². The van der Waals surface area contributed by atoms with E-state index < -0.39 is 0 Å². The minimum atomic E-state index is 0.518. The largest absolute Gasteiger partial charge is 0.376 e. The van der Waals surface area contributed by atoms with Crippen LogP contribution in [-0.4, -0.2) is 48.1 Å². The van der Waals surface area contributed by atoms with Crippen LogP contribution in [0.5, 0.6) is 0 Å². The van der Waals surface area contributed by atoms with E-state index in [1.54, 1.807) is 0 Å². The van der Waals surface area contributed by atoms with Crippen molar-refractivity contribution < 1.29 is 0 Å². The fraction of sp³-hybridized carbons (Fsp3) is 0.875. The molecule has 1 aliphatic heterocycles. The first-order chi connectivity index (χ1) is 5.61. The zero-order valence-electron chi connectivity index (χ0n) is 7.79. The number of hydrogen-bond acceptors (Lipinski definition) is 2. The summed E-state index contributed by atoms with van der Waals surface area (Å²) >= 11 is 4.92. The molecule has 0 atom stereocenters. The van der Waals surface area contributed by atoms with E-state index in [-0.39, 0.29) is 0 Å². The minimum Gasteiger partial charge on any atom is -0.376 e. The lowest BCUT2D eigenvalue weighted by Crippen LogP contribution is -2.46. The van der Waals surface area contributed by atoms with Gasteiger partial charge in [0.1, 0.15) is 0 Å². The zero-order valence-corrected chi connectivity index (χ0v) is 8.60. The molecule has 0 unspecified atom stereocenters. The second kappa shape index (κ2) is 4.05. The summed E-state index contributed by atoms with van der Waals surface area (Å²) < 4.78 is 0. The third kappa shape index (κ3) is 2.32. The lowest BCUT2D eigenvalue weighted by molar-refractivity contribution is 0.193. The smallest absolute Gasteiger partial charge is 0.166 e. The fourth-order valence-electron chi connectivity index (χ4n) is 1.56. The lowest BCUT2D eigenvalue weighted by Gasteiger charge is -2.35. The first-order valence-corrected chi connectivity index (χ1v) is 4.73. The Labute approximate surface area is 79.5 Å². The molecule has 0 amide bonds. The molecule has 70 valence electrons. The molecule has 2 N–H and O–H groups in total. The topological polar surface area (TPSA) is 32.5 Å². The molecule has 0 aromatic heterocycles. The van der Waals surface area contributed by atoms with Gasteiger partial charge in [-0.2, -0.15) is 0 Å². The van der Waals surface area contributed by atoms with Crippen molar-refractivity contribution in [1.29, 1.82) is 0 Å². The maximum atomic E-state index is 5.55. The molecule has 0 aromatic carbocycles. The SMILES string of the molecule is CN1CCC(N(C)C(N)=S)CC1. The van der Waals surface area contributed by atoms with Crippen molar-refractivity contribution in [2.75, 3.05) is 27.2 Å². The van der Waals surface area contributed by atoms with E-state index in [0.29, 0.717) is 11.2 Å². The maximum Gasteiger partial charge on any atom is 0.166 e. The quantitative estimate of drug-likeness (QED) is 0.597. The van der Waals surface area contributed by atoms with E-state index >= 15 is 0 Å². The lowest BCUT2D eigenvalue weighted by atomic mass is 10.0. The van der Waals surface area contributed by atoms with Crippen LogP contribution in [0, 0.1) is 0 Å². The van der Waals surface area contributed by atoms with Crippen LogP contribution in [-0.2, 0) is 0 Å². The number of rotatable bonds is 1. The number of hydrogen-bond donors (Lipinski definition) is 1. The number of nitrogens with two attached hydrogens (primary N) is 1. The van der Waals surface area contributed by atoms with E-state index in [0.717, 1.165) is 13.1 Å². The summed E-state index contributed by atoms with van der Waals surface area (Å²) in [6.07, 6.45) is 2.34. The number of likely N-dealkylation sites (tertiary alicyclic amines) is 1. The predicted molar refractivity (Wildman–Crippen MR) is 55.1 cm³/mol. The molecule has 1 aliphatic rings. The summed E-state index contributed by atoms with van der Waals surface area (Å²) in [7, 11) is 4.13. The van der Waals surface area contributed by atoms with E-state index in [9.17, 15) is 0 Å². The fourth-order valence-corrected chi connectivity index (χ4v) is 1.71. The highest BCUT2D eigenvalue weighted by atomic mass is 32.1. The first-order valence-electron chi connectivity index (χ1n) is 4.32. The first kappa shape index (κ1) is 9.74. The van der Waals surface area contributed by atoms with Crippen molar-refractivity contribution >= 4 is 17.3 Å². The van der Waals surface area contributed by atoms with Gasteiger partial charge in [0.2, 0.25) is 0 Å². The Morgan fingerprint density at radius 1 is 1.50 bits per heavy atom. The van der Waals surface area contributed by atoms with Crippen molar-refractivity contribution in [2.24, 2.45) is 5.73 Å². The molecule has 0 radical (unpaired) electrons. The normalized spacial score (nSPS) is 20.8. The van der Waals surface area contributed by atoms with Crippen LogP contribution in [0.4, 0.5) is 0 Å². The molecule has 1 saturated heterocycles. The van der Waals surface area contributed by atoms with Gasteiger partial charge in [0, 0.05) is 13.1 Å². The molecule has 0 spiro atoms. The van der Waals surface area contributed by atoms with Gasteiger partial charge in [0.25, 0.3) is 0 Å². The second-order valence-corrected chi connectivity index (χ2v) is 3.90. The van der Waals surface area contributed by atoms with Gasteiger partial charge < -0.3 is 15.5 Å². The molecule has 3 nitrogen and oxygen atoms in total. The molecule has 1 rings (SSSR count). The zero-order chi connectivity index (χ0) is 9.14. The Kier molecular flexibility index (Phi) is 3.29. The Balaban J connectivity index is 2.39. The molecule has 0 aliphatic carbocycles. The van der Waals surface area contributed by atoms with Gasteiger partial charge in [-0.25, -0.2) is 0 Å². The third-order valence-electron chi connectivity index (χ3n) is 2.58. The Bertz CT molecular complexity index is 164. The number of piperidine rings is 1. The number of nitrogens with zero attached hydrogens (tertiary/aromatic N) is 2. The van der Waals surface area contributed by atoms with Crippen LogP contribution in [0.3, 0.4) is 0 Å². The predicted octanol–water partition coefficient (Wildman–Crippen LogP) is 0.256. The van der Waals surface area contributed by atoms with E-state index in [2.05, 4.69) is 11.9 Å². The van der Waals surface area contributed by atoms with Crippen LogP contribution in [0.25, 0.3) is 0 Å². The monoisotopic (exact) mass is 187 g/mol. The highest BCUT2D eigenvalue weighted by molar-refractivity contribution is 7.80. The van der Waals surface area contributed by atoms with Crippen molar-refractivity contribution in [3.05, 3.63) is 0 Å². The van der Waals surface area contributed by atoms with Gasteiger partial charge in [-0.15, -0.1) is 0 Å². The Hall–Kier alpha value is -0.350. The average molecular weight is 187 g/mol. The Morgan fingerprint density at radius 3 is 2.42 bits per heavy atom. The summed E-state index contributed by atoms with van der Waals surface area (Å²) in [5.41, 5.74) is 5.55. The number of thiocarbonyl (C=S) groups is 1. The molecule has 4 heteroatoms. The molecule has 0 saturated carbocycles.